The summed E-state index contributed by atoms with van der Waals surface area (Å²) in [4.78, 5) is 7.19. The molecule has 0 atom stereocenters. The fraction of sp³-hybridized carbons (Fsp3) is 0.588. The van der Waals surface area contributed by atoms with Crippen LogP contribution in [0.25, 0.3) is 5.65 Å². The van der Waals surface area contributed by atoms with Crippen LogP contribution in [0, 0.1) is 0 Å². The first kappa shape index (κ1) is 15.8. The third-order valence-electron chi connectivity index (χ3n) is 4.11. The average molecular weight is 288 g/mol. The van der Waals surface area contributed by atoms with Crippen molar-refractivity contribution in [1.82, 2.24) is 14.7 Å². The zero-order valence-corrected chi connectivity index (χ0v) is 13.9. The molecule has 21 heavy (non-hydrogen) atoms. The molecular weight excluding hydrogens is 260 g/mol. The van der Waals surface area contributed by atoms with Crippen LogP contribution in [0.15, 0.2) is 24.4 Å². The number of hydrogen-bond donors (Lipinski definition) is 1. The summed E-state index contributed by atoms with van der Waals surface area (Å²) in [7, 11) is 2.16. The second-order valence-electron chi connectivity index (χ2n) is 5.93. The molecule has 0 radical (unpaired) electrons. The maximum absolute atomic E-state index is 4.86. The molecule has 0 saturated carbocycles. The quantitative estimate of drug-likeness (QED) is 0.847. The highest BCUT2D eigenvalue weighted by Crippen LogP contribution is 2.24. The molecule has 116 valence electrons. The van der Waals surface area contributed by atoms with Crippen LogP contribution in [0.1, 0.15) is 46.2 Å². The number of aromatic nitrogens is 2. The minimum Gasteiger partial charge on any atom is -0.355 e. The first-order valence-corrected chi connectivity index (χ1v) is 8.00. The van der Waals surface area contributed by atoms with Gasteiger partial charge in [0.05, 0.1) is 5.69 Å². The Kier molecular flexibility index (Phi) is 5.23. The second kappa shape index (κ2) is 6.94. The van der Waals surface area contributed by atoms with Gasteiger partial charge in [-0.25, -0.2) is 4.98 Å². The lowest BCUT2D eigenvalue weighted by atomic mass is 10.1. The van der Waals surface area contributed by atoms with Gasteiger partial charge in [-0.15, -0.1) is 0 Å². The standard InChI is InChI=1S/C17H28N4/c1-6-14(7-2)20(5)17-15(12-18-13(3)4)21-11-9-8-10-16(21)19-17/h8-11,13-14,18H,6-7,12H2,1-5H3. The third kappa shape index (κ3) is 3.38. The summed E-state index contributed by atoms with van der Waals surface area (Å²) in [5, 5.41) is 3.52. The molecule has 0 bridgehead atoms. The maximum Gasteiger partial charge on any atom is 0.152 e. The van der Waals surface area contributed by atoms with Crippen LogP contribution in [0.3, 0.4) is 0 Å². The third-order valence-corrected chi connectivity index (χ3v) is 4.11. The van der Waals surface area contributed by atoms with Gasteiger partial charge in [-0.2, -0.15) is 0 Å². The van der Waals surface area contributed by atoms with Crippen LogP contribution < -0.4 is 10.2 Å². The van der Waals surface area contributed by atoms with Gasteiger partial charge in [0, 0.05) is 31.9 Å². The molecule has 0 saturated heterocycles. The molecule has 0 aromatic carbocycles. The predicted molar refractivity (Wildman–Crippen MR) is 89.9 cm³/mol. The van der Waals surface area contributed by atoms with Crippen molar-refractivity contribution in [3.05, 3.63) is 30.1 Å². The van der Waals surface area contributed by atoms with Gasteiger partial charge in [0.2, 0.25) is 0 Å². The van der Waals surface area contributed by atoms with E-state index in [4.69, 9.17) is 4.98 Å². The number of fused-ring (bicyclic) bond motifs is 1. The van der Waals surface area contributed by atoms with Crippen LogP contribution in [-0.4, -0.2) is 28.5 Å². The minimum absolute atomic E-state index is 0.463. The molecule has 4 heteroatoms. The van der Waals surface area contributed by atoms with Gasteiger partial charge in [-0.3, -0.25) is 0 Å². The van der Waals surface area contributed by atoms with Crippen LogP contribution in [0.2, 0.25) is 0 Å². The summed E-state index contributed by atoms with van der Waals surface area (Å²) < 4.78 is 2.20. The molecule has 0 aliphatic carbocycles. The molecule has 0 spiro atoms. The maximum atomic E-state index is 4.86. The highest BCUT2D eigenvalue weighted by atomic mass is 15.2. The van der Waals surface area contributed by atoms with E-state index in [0.29, 0.717) is 12.1 Å². The Morgan fingerprint density at radius 3 is 2.57 bits per heavy atom. The van der Waals surface area contributed by atoms with E-state index in [1.165, 1.54) is 5.69 Å². The van der Waals surface area contributed by atoms with Gasteiger partial charge < -0.3 is 14.6 Å². The normalized spacial score (nSPS) is 11.8. The van der Waals surface area contributed by atoms with Gasteiger partial charge in [0.15, 0.2) is 5.82 Å². The fourth-order valence-electron chi connectivity index (χ4n) is 2.79. The van der Waals surface area contributed by atoms with E-state index in [-0.39, 0.29) is 0 Å². The molecule has 2 rings (SSSR count). The lowest BCUT2D eigenvalue weighted by Crippen LogP contribution is -2.32. The molecule has 1 N–H and O–H groups in total. The molecule has 0 fully saturated rings. The zero-order valence-electron chi connectivity index (χ0n) is 13.9. The van der Waals surface area contributed by atoms with Crippen molar-refractivity contribution in [1.29, 1.82) is 0 Å². The smallest absolute Gasteiger partial charge is 0.152 e. The predicted octanol–water partition coefficient (Wildman–Crippen LogP) is 3.46. The molecule has 2 heterocycles. The number of imidazole rings is 1. The molecule has 0 unspecified atom stereocenters. The van der Waals surface area contributed by atoms with Crippen LogP contribution >= 0.6 is 0 Å². The number of anilines is 1. The SMILES string of the molecule is CCC(CC)N(C)c1nc2ccccn2c1CNC(C)C. The minimum atomic E-state index is 0.463. The molecule has 0 aliphatic rings. The van der Waals surface area contributed by atoms with Crippen molar-refractivity contribution in [2.45, 2.75) is 59.2 Å². The van der Waals surface area contributed by atoms with Gasteiger partial charge in [-0.1, -0.05) is 33.8 Å². The molecule has 4 nitrogen and oxygen atoms in total. The number of pyridine rings is 1. The Labute approximate surface area is 128 Å². The van der Waals surface area contributed by atoms with E-state index in [1.807, 2.05) is 6.07 Å². The van der Waals surface area contributed by atoms with Gasteiger partial charge in [0.1, 0.15) is 5.65 Å². The number of rotatable bonds is 7. The lowest BCUT2D eigenvalue weighted by molar-refractivity contribution is 0.565. The summed E-state index contributed by atoms with van der Waals surface area (Å²) in [5.41, 5.74) is 2.26. The molecule has 0 amide bonds. The Bertz CT molecular complexity index is 569. The molecule has 2 aromatic rings. The van der Waals surface area contributed by atoms with E-state index in [1.54, 1.807) is 0 Å². The fourth-order valence-corrected chi connectivity index (χ4v) is 2.79. The lowest BCUT2D eigenvalue weighted by Gasteiger charge is -2.27. The number of nitrogens with zero attached hydrogens (tertiary/aromatic N) is 3. The summed E-state index contributed by atoms with van der Waals surface area (Å²) in [6, 6.07) is 7.18. The first-order chi connectivity index (χ1) is 10.1. The highest BCUT2D eigenvalue weighted by Gasteiger charge is 2.20. The second-order valence-corrected chi connectivity index (χ2v) is 5.93. The summed E-state index contributed by atoms with van der Waals surface area (Å²) in [5.74, 6) is 1.10. The Hall–Kier alpha value is -1.55. The van der Waals surface area contributed by atoms with E-state index in [2.05, 4.69) is 67.7 Å². The summed E-state index contributed by atoms with van der Waals surface area (Å²) >= 11 is 0. The largest absolute Gasteiger partial charge is 0.355 e. The monoisotopic (exact) mass is 288 g/mol. The topological polar surface area (TPSA) is 32.6 Å². The Morgan fingerprint density at radius 2 is 1.95 bits per heavy atom. The molecule has 0 aliphatic heterocycles. The van der Waals surface area contributed by atoms with Crippen LogP contribution in [-0.2, 0) is 6.54 Å². The summed E-state index contributed by atoms with van der Waals surface area (Å²) in [6.45, 7) is 9.67. The van der Waals surface area contributed by atoms with Crippen molar-refractivity contribution >= 4 is 11.5 Å². The van der Waals surface area contributed by atoms with E-state index < -0.39 is 0 Å². The van der Waals surface area contributed by atoms with E-state index in [9.17, 15) is 0 Å². The van der Waals surface area contributed by atoms with Crippen molar-refractivity contribution in [2.75, 3.05) is 11.9 Å². The highest BCUT2D eigenvalue weighted by molar-refractivity contribution is 5.56. The first-order valence-electron chi connectivity index (χ1n) is 8.00. The number of nitrogens with one attached hydrogen (secondary N) is 1. The number of hydrogen-bond acceptors (Lipinski definition) is 3. The van der Waals surface area contributed by atoms with Gasteiger partial charge >= 0.3 is 0 Å². The summed E-state index contributed by atoms with van der Waals surface area (Å²) in [6.07, 6.45) is 4.37. The average Bonchev–Trinajstić information content (AvgIpc) is 2.84. The van der Waals surface area contributed by atoms with Crippen LogP contribution in [0.5, 0.6) is 0 Å². The van der Waals surface area contributed by atoms with E-state index in [0.717, 1.165) is 30.9 Å². The van der Waals surface area contributed by atoms with Gasteiger partial charge in [0.25, 0.3) is 0 Å². The Morgan fingerprint density at radius 1 is 1.24 bits per heavy atom. The molecule has 2 aromatic heterocycles. The van der Waals surface area contributed by atoms with Crippen LogP contribution in [0.4, 0.5) is 5.82 Å². The molecular formula is C17H28N4. The van der Waals surface area contributed by atoms with Crippen molar-refractivity contribution in [3.8, 4) is 0 Å². The Balaban J connectivity index is 2.43. The van der Waals surface area contributed by atoms with E-state index >= 15 is 0 Å². The van der Waals surface area contributed by atoms with Gasteiger partial charge in [-0.05, 0) is 25.0 Å². The van der Waals surface area contributed by atoms with Crippen molar-refractivity contribution in [3.63, 3.8) is 0 Å². The van der Waals surface area contributed by atoms with Crippen molar-refractivity contribution < 1.29 is 0 Å². The zero-order chi connectivity index (χ0) is 15.4. The van der Waals surface area contributed by atoms with Crippen molar-refractivity contribution in [2.24, 2.45) is 0 Å².